The van der Waals surface area contributed by atoms with Crippen molar-refractivity contribution in [2.75, 3.05) is 6.54 Å². The molecule has 1 aliphatic rings. The molecule has 0 saturated heterocycles. The number of benzene rings is 2. The number of nitrogens with one attached hydrogen (secondary N) is 4. The van der Waals surface area contributed by atoms with Gasteiger partial charge in [0.1, 0.15) is 11.4 Å². The molecule has 218 valence electrons. The molecule has 11 nitrogen and oxygen atoms in total. The number of rotatable bonds is 10. The van der Waals surface area contributed by atoms with Crippen molar-refractivity contribution in [3.63, 3.8) is 0 Å². The van der Waals surface area contributed by atoms with Crippen LogP contribution in [0.25, 0.3) is 0 Å². The Balaban J connectivity index is 1.49. The number of carbonyl (C=O) groups excluding carboxylic acids is 3. The van der Waals surface area contributed by atoms with E-state index in [1.807, 2.05) is 43.4 Å². The van der Waals surface area contributed by atoms with Gasteiger partial charge in [-0.1, -0.05) is 34.7 Å². The van der Waals surface area contributed by atoms with Crippen molar-refractivity contribution >= 4 is 50.5 Å². The molecule has 2 aromatic carbocycles. The Labute approximate surface area is 248 Å². The predicted octanol–water partition coefficient (Wildman–Crippen LogP) is 3.33. The minimum atomic E-state index is -4.14. The van der Waals surface area contributed by atoms with E-state index in [0.717, 1.165) is 11.1 Å². The smallest absolute Gasteiger partial charge is 0.328 e. The SMILES string of the molecule is Cc1c(C)c(S(=O)(=O)NC(=O)NCCC[C@@H](I)C(=O)NCc2cccc(C(=O)NO)c2)c(C)c2c1OC(C)(C)C2. The zero-order chi connectivity index (χ0) is 29.8. The number of carbonyl (C=O) groups is 3. The van der Waals surface area contributed by atoms with Crippen LogP contribution in [0.4, 0.5) is 4.79 Å². The summed E-state index contributed by atoms with van der Waals surface area (Å²) in [5.74, 6) is -0.145. The van der Waals surface area contributed by atoms with E-state index in [4.69, 9.17) is 9.94 Å². The van der Waals surface area contributed by atoms with Crippen molar-refractivity contribution in [1.82, 2.24) is 20.8 Å². The van der Waals surface area contributed by atoms with E-state index in [-0.39, 0.29) is 33.4 Å². The largest absolute Gasteiger partial charge is 0.487 e. The molecule has 40 heavy (non-hydrogen) atoms. The molecule has 4 amide bonds. The van der Waals surface area contributed by atoms with E-state index in [2.05, 4.69) is 15.4 Å². The normalized spacial score (nSPS) is 14.5. The number of fused-ring (bicyclic) bond motifs is 1. The van der Waals surface area contributed by atoms with E-state index in [1.165, 1.54) is 6.07 Å². The highest BCUT2D eigenvalue weighted by molar-refractivity contribution is 14.1. The number of alkyl halides is 1. The Kier molecular flexibility index (Phi) is 10.1. The molecule has 2 aromatic rings. The Morgan fingerprint density at radius 2 is 1.80 bits per heavy atom. The molecule has 1 heterocycles. The van der Waals surface area contributed by atoms with Crippen LogP contribution in [0.3, 0.4) is 0 Å². The number of hydrogen-bond acceptors (Lipinski definition) is 7. The molecule has 0 spiro atoms. The summed E-state index contributed by atoms with van der Waals surface area (Å²) in [6.45, 7) is 9.53. The van der Waals surface area contributed by atoms with Crippen LogP contribution in [0.2, 0.25) is 0 Å². The first kappa shape index (κ1) is 31.6. The van der Waals surface area contributed by atoms with Gasteiger partial charge in [0.2, 0.25) is 5.91 Å². The van der Waals surface area contributed by atoms with Gasteiger partial charge in [-0.3, -0.25) is 14.8 Å². The van der Waals surface area contributed by atoms with Crippen molar-refractivity contribution in [3.8, 4) is 5.75 Å². The summed E-state index contributed by atoms with van der Waals surface area (Å²) in [5.41, 5.74) is 4.78. The summed E-state index contributed by atoms with van der Waals surface area (Å²) in [4.78, 5) is 36.5. The predicted molar refractivity (Wildman–Crippen MR) is 157 cm³/mol. The topological polar surface area (TPSA) is 163 Å². The zero-order valence-corrected chi connectivity index (χ0v) is 26.1. The van der Waals surface area contributed by atoms with Gasteiger partial charge in [-0.05, 0) is 81.8 Å². The maximum atomic E-state index is 13.2. The standard InChI is InChI=1S/C27H35IN4O7S/c1-15-16(2)23(17(3)20-13-27(4,5)39-22(15)20)40(37,38)32-26(35)29-11-7-10-21(28)25(34)30-14-18-8-6-9-19(12-18)24(33)31-36/h6,8-9,12,21,36H,7,10-11,13-14H2,1-5H3,(H,30,34)(H,31,33)(H2,29,32,35)/t21-/m1/s1. The van der Waals surface area contributed by atoms with Crippen LogP contribution in [-0.2, 0) is 27.8 Å². The minimum absolute atomic E-state index is 0.0896. The molecular formula is C27H35IN4O7S. The van der Waals surface area contributed by atoms with Gasteiger partial charge in [0.15, 0.2) is 0 Å². The molecule has 0 unspecified atom stereocenters. The molecule has 0 aromatic heterocycles. The second kappa shape index (κ2) is 12.7. The van der Waals surface area contributed by atoms with Crippen LogP contribution in [-0.4, -0.2) is 47.5 Å². The highest BCUT2D eigenvalue weighted by atomic mass is 127. The zero-order valence-electron chi connectivity index (χ0n) is 23.1. The van der Waals surface area contributed by atoms with Crippen LogP contribution >= 0.6 is 22.6 Å². The number of sulfonamides is 1. The van der Waals surface area contributed by atoms with Gasteiger partial charge in [-0.2, -0.15) is 0 Å². The Morgan fingerprint density at radius 1 is 1.10 bits per heavy atom. The number of amides is 4. The molecule has 0 radical (unpaired) electrons. The first-order chi connectivity index (χ1) is 18.7. The summed E-state index contributed by atoms with van der Waals surface area (Å²) >= 11 is 2.00. The fourth-order valence-electron chi connectivity index (χ4n) is 4.66. The Morgan fingerprint density at radius 3 is 2.48 bits per heavy atom. The highest BCUT2D eigenvalue weighted by Crippen LogP contribution is 2.43. The van der Waals surface area contributed by atoms with E-state index >= 15 is 0 Å². The fraction of sp³-hybridized carbons (Fsp3) is 0.444. The number of halogens is 1. The molecule has 1 aliphatic heterocycles. The van der Waals surface area contributed by atoms with E-state index < -0.39 is 27.6 Å². The highest BCUT2D eigenvalue weighted by Gasteiger charge is 2.37. The molecule has 0 bridgehead atoms. The van der Waals surface area contributed by atoms with Gasteiger partial charge >= 0.3 is 6.03 Å². The lowest BCUT2D eigenvalue weighted by atomic mass is 9.94. The molecule has 3 rings (SSSR count). The van der Waals surface area contributed by atoms with Crippen LogP contribution in [0, 0.1) is 20.8 Å². The van der Waals surface area contributed by atoms with Crippen LogP contribution in [0.5, 0.6) is 5.75 Å². The van der Waals surface area contributed by atoms with Gasteiger partial charge in [-0.25, -0.2) is 23.4 Å². The summed E-state index contributed by atoms with van der Waals surface area (Å²) in [5, 5.41) is 14.1. The number of ether oxygens (including phenoxy) is 1. The van der Waals surface area contributed by atoms with Crippen molar-refractivity contribution in [2.24, 2.45) is 0 Å². The Bertz CT molecular complexity index is 1430. The van der Waals surface area contributed by atoms with Gasteiger partial charge in [0, 0.05) is 30.6 Å². The van der Waals surface area contributed by atoms with Gasteiger partial charge in [0.25, 0.3) is 15.9 Å². The monoisotopic (exact) mass is 686 g/mol. The van der Waals surface area contributed by atoms with Crippen molar-refractivity contribution in [2.45, 2.75) is 74.8 Å². The third-order valence-electron chi connectivity index (χ3n) is 6.75. The molecule has 13 heteroatoms. The Hall–Kier alpha value is -2.91. The molecule has 0 aliphatic carbocycles. The summed E-state index contributed by atoms with van der Waals surface area (Å²) in [6, 6.07) is 5.65. The lowest BCUT2D eigenvalue weighted by molar-refractivity contribution is -0.120. The third-order valence-corrected chi connectivity index (χ3v) is 9.54. The number of hydroxylamine groups is 1. The molecule has 0 fully saturated rings. The van der Waals surface area contributed by atoms with Crippen molar-refractivity contribution in [1.29, 1.82) is 0 Å². The minimum Gasteiger partial charge on any atom is -0.487 e. The number of urea groups is 1. The van der Waals surface area contributed by atoms with Gasteiger partial charge < -0.3 is 15.4 Å². The molecule has 0 saturated carbocycles. The second-order valence-electron chi connectivity index (χ2n) is 10.4. The van der Waals surface area contributed by atoms with Crippen LogP contribution in [0.1, 0.15) is 64.9 Å². The van der Waals surface area contributed by atoms with Gasteiger partial charge in [-0.15, -0.1) is 0 Å². The quantitative estimate of drug-likeness (QED) is 0.0842. The number of hydrogen-bond donors (Lipinski definition) is 5. The summed E-state index contributed by atoms with van der Waals surface area (Å²) in [7, 11) is -4.14. The van der Waals surface area contributed by atoms with E-state index in [9.17, 15) is 22.8 Å². The average Bonchev–Trinajstić information content (AvgIpc) is 3.23. The molecular weight excluding hydrogens is 651 g/mol. The van der Waals surface area contributed by atoms with E-state index in [0.29, 0.717) is 41.7 Å². The third kappa shape index (κ3) is 7.43. The van der Waals surface area contributed by atoms with Crippen LogP contribution in [0.15, 0.2) is 29.2 Å². The van der Waals surface area contributed by atoms with Crippen molar-refractivity contribution in [3.05, 3.63) is 57.6 Å². The second-order valence-corrected chi connectivity index (χ2v) is 13.5. The van der Waals surface area contributed by atoms with Crippen LogP contribution < -0.4 is 25.6 Å². The fourth-order valence-corrected chi connectivity index (χ4v) is 6.82. The first-order valence-electron chi connectivity index (χ1n) is 12.7. The lowest BCUT2D eigenvalue weighted by Gasteiger charge is -2.19. The lowest BCUT2D eigenvalue weighted by Crippen LogP contribution is -2.40. The summed E-state index contributed by atoms with van der Waals surface area (Å²) in [6.07, 6.45) is 1.47. The first-order valence-corrected chi connectivity index (χ1v) is 15.5. The molecule has 1 atom stereocenters. The molecule has 5 N–H and O–H groups in total. The van der Waals surface area contributed by atoms with E-state index in [1.54, 1.807) is 37.5 Å². The maximum absolute atomic E-state index is 13.2. The maximum Gasteiger partial charge on any atom is 0.328 e. The van der Waals surface area contributed by atoms with Crippen molar-refractivity contribution < 1.29 is 32.7 Å². The summed E-state index contributed by atoms with van der Waals surface area (Å²) < 4.78 is 34.2. The van der Waals surface area contributed by atoms with Gasteiger partial charge in [0.05, 0.1) is 8.82 Å². The average molecular weight is 687 g/mol.